The van der Waals surface area contributed by atoms with Gasteiger partial charge >= 0.3 is 5.97 Å². The number of hydrogen-bond acceptors (Lipinski definition) is 16. The summed E-state index contributed by atoms with van der Waals surface area (Å²) in [6, 6.07) is 8.63. The number of carbonyl (C=O) groups is 11. The van der Waals surface area contributed by atoms with Crippen LogP contribution in [0, 0.1) is 17.6 Å². The minimum atomic E-state index is -2.06. The molecule has 0 aliphatic carbocycles. The van der Waals surface area contributed by atoms with E-state index in [4.69, 9.17) is 11.5 Å². The first-order valence-corrected chi connectivity index (χ1v) is 37.0. The molecular formula is C73H99F2N15O13S2. The number of aromatic hydroxyl groups is 1. The van der Waals surface area contributed by atoms with E-state index in [1.54, 1.807) is 13.8 Å². The summed E-state index contributed by atoms with van der Waals surface area (Å²) in [4.78, 5) is 174. The highest BCUT2D eigenvalue weighted by Crippen LogP contribution is 2.32. The Morgan fingerprint density at radius 3 is 1.78 bits per heavy atom. The predicted molar refractivity (Wildman–Crippen MR) is 401 cm³/mol. The molecule has 2 aliphatic heterocycles. The lowest BCUT2D eigenvalue weighted by Gasteiger charge is -2.37. The third-order valence-corrected chi connectivity index (χ3v) is 20.6. The number of aromatic nitrogens is 4. The maximum absolute atomic E-state index is 15.4. The highest BCUT2D eigenvalue weighted by atomic mass is 32.2. The summed E-state index contributed by atoms with van der Waals surface area (Å²) in [6.45, 7) is 5.42. The number of aliphatic carboxylic acids is 1. The van der Waals surface area contributed by atoms with Crippen LogP contribution in [0.15, 0.2) is 110 Å². The van der Waals surface area contributed by atoms with Gasteiger partial charge in [0, 0.05) is 115 Å². The van der Waals surface area contributed by atoms with E-state index < -0.39 is 143 Å². The third kappa shape index (κ3) is 21.9. The van der Waals surface area contributed by atoms with Gasteiger partial charge in [0.05, 0.1) is 12.7 Å². The summed E-state index contributed by atoms with van der Waals surface area (Å²) in [6.07, 6.45) is 4.44. The quantitative estimate of drug-likeness (QED) is 0.0543. The molecule has 1 saturated heterocycles. The van der Waals surface area contributed by atoms with Gasteiger partial charge in [0.25, 0.3) is 0 Å². The summed E-state index contributed by atoms with van der Waals surface area (Å²) >= 11 is 2.80. The maximum atomic E-state index is 15.4. The van der Waals surface area contributed by atoms with Crippen molar-refractivity contribution in [2.75, 3.05) is 24.6 Å². The number of phenols is 1. The maximum Gasteiger partial charge on any atom is 0.305 e. The lowest BCUT2D eigenvalue weighted by molar-refractivity contribution is -0.147. The SMILES string of the molecule is CC(C)C[C@H]1NC(=O)[C@H](CCCCN)NC(=O)CCSCc2cccc(c2)CSC[C@@H](C(N)=O)NC(=O)[C@]2(C)CCCN2C(=O)[C@H](Cc2ccc(O)cc2)NC(=O)[C@H](Cc2cnc[nH]2)NC(=O)[C@H](CC(=O)O)NC(=O)[C@H](Cc2c[nH]c3ccc(F)cc23)NC(=O)[C@H](Cc2c[nH]c3ccc(F)cc23)NC1=O.[HH].[HH].[HH].[HH].[HH]. The summed E-state index contributed by atoms with van der Waals surface area (Å²) in [5.41, 5.74) is 14.1. The highest BCUT2D eigenvalue weighted by molar-refractivity contribution is 7.98. The number of H-pyrrole nitrogens is 3. The number of nitrogens with one attached hydrogen (secondary N) is 11. The first-order chi connectivity index (χ1) is 50.2. The number of benzene rings is 4. The van der Waals surface area contributed by atoms with E-state index in [1.165, 1.54) is 121 Å². The zero-order valence-corrected chi connectivity index (χ0v) is 60.0. The molecule has 2 bridgehead atoms. The molecule has 10 amide bonds. The van der Waals surface area contributed by atoms with Gasteiger partial charge in [-0.2, -0.15) is 23.5 Å². The van der Waals surface area contributed by atoms with Crippen LogP contribution in [-0.2, 0) is 89.9 Å². The van der Waals surface area contributed by atoms with Crippen molar-refractivity contribution in [1.29, 1.82) is 0 Å². The van der Waals surface area contributed by atoms with E-state index in [1.807, 2.05) is 24.3 Å². The fraction of sp³-hybridized carbons (Fsp3) is 0.425. The van der Waals surface area contributed by atoms with E-state index in [2.05, 4.69) is 62.5 Å². The molecule has 32 heteroatoms. The molecule has 3 aromatic heterocycles. The number of carboxylic acids is 1. The van der Waals surface area contributed by atoms with Crippen LogP contribution in [0.1, 0.15) is 113 Å². The van der Waals surface area contributed by atoms with E-state index in [9.17, 15) is 39.0 Å². The van der Waals surface area contributed by atoms with E-state index in [0.717, 1.165) is 11.1 Å². The molecule has 105 heavy (non-hydrogen) atoms. The number of fused-ring (bicyclic) bond motifs is 5. The molecule has 2 aliphatic rings. The first-order valence-electron chi connectivity index (χ1n) is 34.7. The fourth-order valence-corrected chi connectivity index (χ4v) is 14.8. The predicted octanol–water partition coefficient (Wildman–Crippen LogP) is 4.82. The lowest BCUT2D eigenvalue weighted by Crippen LogP contribution is -2.63. The first kappa shape index (κ1) is 78.8. The second kappa shape index (κ2) is 36.9. The highest BCUT2D eigenvalue weighted by Gasteiger charge is 2.49. The number of nitrogens with zero attached hydrogens (tertiary/aromatic N) is 2. The zero-order valence-electron chi connectivity index (χ0n) is 58.3. The van der Waals surface area contributed by atoms with Crippen LogP contribution in [0.4, 0.5) is 8.78 Å². The fourth-order valence-electron chi connectivity index (χ4n) is 12.8. The lowest BCUT2D eigenvalue weighted by atomic mass is 9.95. The topological polar surface area (TPSA) is 440 Å². The van der Waals surface area contributed by atoms with Crippen molar-refractivity contribution in [3.05, 3.63) is 155 Å². The number of rotatable bonds is 17. The zero-order chi connectivity index (χ0) is 75.5. The molecule has 9 rings (SSSR count). The monoisotopic (exact) mass is 1500 g/mol. The minimum absolute atomic E-state index is 0. The summed E-state index contributed by atoms with van der Waals surface area (Å²) in [7, 11) is 0. The van der Waals surface area contributed by atoms with Crippen LogP contribution in [0.2, 0.25) is 0 Å². The van der Waals surface area contributed by atoms with Crippen LogP contribution in [0.25, 0.3) is 21.8 Å². The molecular weight excluding hydrogens is 1400 g/mol. The van der Waals surface area contributed by atoms with Crippen molar-refractivity contribution in [2.45, 2.75) is 163 Å². The Morgan fingerprint density at radius 2 is 1.21 bits per heavy atom. The number of aromatic amines is 3. The molecule has 5 heterocycles. The molecule has 0 spiro atoms. The van der Waals surface area contributed by atoms with Crippen molar-refractivity contribution in [2.24, 2.45) is 17.4 Å². The van der Waals surface area contributed by atoms with Crippen LogP contribution < -0.4 is 54.0 Å². The van der Waals surface area contributed by atoms with Crippen molar-refractivity contribution in [1.82, 2.24) is 67.4 Å². The Hall–Kier alpha value is -10.3. The summed E-state index contributed by atoms with van der Waals surface area (Å²) < 4.78 is 30.1. The Labute approximate surface area is 619 Å². The Balaban J connectivity index is 0.00000511. The molecule has 4 aromatic carbocycles. The van der Waals surface area contributed by atoms with Gasteiger partial charge < -0.3 is 84.1 Å². The standard InChI is InChI=1S/C73H89F2N15O13S2.5H2/c1-40(2)24-55-66(97)84-56(27-44-33-79-52-17-13-46(74)29-50(44)52)67(98)85-57(28-45-34-80-53-18-14-47(75)30-51(45)53)68(99)87-59(32-63(93)94)70(101)86-58(31-48-35-78-39-81-48)69(100)88-60(26-41-11-15-49(91)16-12-41)71(102)90-22-7-20-73(90,3)72(103)89-61(64(77)95)38-105-37-43-9-6-8-42(25-43)36-104-23-19-62(92)82-54(65(96)83-55)10-4-5-21-76;;;;;/h6,8-9,11-18,25,29-30,33-35,39-40,54-61,79-80,91H,4-5,7,10,19-24,26-28,31-32,36-38,76H2,1-3H3,(H2,77,95)(H,78,81)(H,82,92)(H,83,96)(H,84,97)(H,85,98)(H,86,101)(H,87,99)(H,88,100)(H,89,103)(H,93,94);5*1H/t54-,55+,56-,57-,58-,59-,60-,61-,73-;;;;;/m0...../s1. The Bertz CT molecular complexity index is 4300. The summed E-state index contributed by atoms with van der Waals surface area (Å²) in [5, 5.41) is 42.8. The molecule has 0 saturated carbocycles. The smallest absolute Gasteiger partial charge is 0.305 e. The number of carbonyl (C=O) groups excluding carboxylic acids is 10. The Kier molecular flexibility index (Phi) is 27.7. The van der Waals surface area contributed by atoms with Crippen molar-refractivity contribution < 1.29 is 78.9 Å². The van der Waals surface area contributed by atoms with Gasteiger partial charge in [-0.3, -0.25) is 52.7 Å². The molecule has 0 radical (unpaired) electrons. The van der Waals surface area contributed by atoms with Gasteiger partial charge in [-0.15, -0.1) is 0 Å². The number of carboxylic acid groups (broad SMARTS) is 1. The molecule has 1 fully saturated rings. The van der Waals surface area contributed by atoms with Crippen LogP contribution in [-0.4, -0.2) is 179 Å². The van der Waals surface area contributed by atoms with Gasteiger partial charge in [-0.25, -0.2) is 13.8 Å². The van der Waals surface area contributed by atoms with Gasteiger partial charge in [0.1, 0.15) is 71.3 Å². The molecule has 7 aromatic rings. The molecule has 17 N–H and O–H groups in total. The second-order valence-electron chi connectivity index (χ2n) is 27.0. The average molecular weight is 1500 g/mol. The third-order valence-electron chi connectivity index (χ3n) is 18.5. The number of halogens is 2. The van der Waals surface area contributed by atoms with Crippen molar-refractivity contribution in [3.63, 3.8) is 0 Å². The second-order valence-corrected chi connectivity index (χ2v) is 29.1. The molecule has 0 unspecified atom stereocenters. The van der Waals surface area contributed by atoms with Crippen molar-refractivity contribution in [3.8, 4) is 5.75 Å². The van der Waals surface area contributed by atoms with Gasteiger partial charge in [-0.1, -0.05) is 50.2 Å². The van der Waals surface area contributed by atoms with Crippen LogP contribution in [0.3, 0.4) is 0 Å². The largest absolute Gasteiger partial charge is 0.508 e. The minimum Gasteiger partial charge on any atom is -0.508 e. The summed E-state index contributed by atoms with van der Waals surface area (Å²) in [5.74, 6) is -10.9. The van der Waals surface area contributed by atoms with Gasteiger partial charge in [0.2, 0.25) is 59.1 Å². The molecule has 9 atom stereocenters. The van der Waals surface area contributed by atoms with Crippen LogP contribution in [0.5, 0.6) is 5.75 Å². The van der Waals surface area contributed by atoms with Crippen molar-refractivity contribution >= 4 is 110 Å². The Morgan fingerprint density at radius 1 is 0.657 bits per heavy atom. The number of imidazole rings is 1. The number of phenolic OH excluding ortho intramolecular Hbond substituents is 1. The molecule has 28 nitrogen and oxygen atoms in total. The number of primary amides is 1. The number of thioether (sulfide) groups is 2. The number of nitrogens with two attached hydrogens (primary N) is 2. The van der Waals surface area contributed by atoms with E-state index in [-0.39, 0.29) is 92.7 Å². The number of amides is 10. The van der Waals surface area contributed by atoms with Crippen LogP contribution >= 0.6 is 23.5 Å². The average Bonchev–Trinajstić information content (AvgIpc) is 1.60. The van der Waals surface area contributed by atoms with Gasteiger partial charge in [-0.05, 0) is 134 Å². The number of hydrogen-bond donors (Lipinski definition) is 15. The van der Waals surface area contributed by atoms with E-state index >= 15 is 32.8 Å². The normalized spacial score (nSPS) is 23.1. The van der Waals surface area contributed by atoms with E-state index in [0.29, 0.717) is 70.6 Å². The molecule has 570 valence electrons. The number of unbranched alkanes of at least 4 members (excludes halogenated alkanes) is 1. The van der Waals surface area contributed by atoms with Gasteiger partial charge in [0.15, 0.2) is 0 Å².